The highest BCUT2D eigenvalue weighted by atomic mass is 32.2. The maximum Gasteiger partial charge on any atom is 0.266 e. The summed E-state index contributed by atoms with van der Waals surface area (Å²) in [5.74, 6) is 0.999. The van der Waals surface area contributed by atoms with Crippen LogP contribution in [-0.4, -0.2) is 48.8 Å². The smallest absolute Gasteiger partial charge is 0.266 e. The van der Waals surface area contributed by atoms with E-state index >= 15 is 0 Å². The van der Waals surface area contributed by atoms with Crippen LogP contribution in [-0.2, 0) is 4.79 Å². The Morgan fingerprint density at radius 1 is 0.972 bits per heavy atom. The van der Waals surface area contributed by atoms with Crippen molar-refractivity contribution in [2.75, 3.05) is 27.1 Å². The molecule has 0 aliphatic carbocycles. The zero-order chi connectivity index (χ0) is 25.5. The molecule has 0 atom stereocenters. The van der Waals surface area contributed by atoms with Gasteiger partial charge in [0.2, 0.25) is 5.75 Å². The van der Waals surface area contributed by atoms with Crippen molar-refractivity contribution in [1.82, 2.24) is 15.0 Å². The van der Waals surface area contributed by atoms with Crippen LogP contribution in [0.4, 0.5) is 0 Å². The minimum absolute atomic E-state index is 0.00196. The van der Waals surface area contributed by atoms with Crippen molar-refractivity contribution in [3.05, 3.63) is 82.6 Å². The Hall–Kier alpha value is -4.31. The second-order valence-corrected chi connectivity index (χ2v) is 8.34. The first-order chi connectivity index (χ1) is 17.6. The zero-order valence-electron chi connectivity index (χ0n) is 19.9. The fourth-order valence-electron chi connectivity index (χ4n) is 3.58. The second kappa shape index (κ2) is 11.4. The normalized spacial score (nSPS) is 11.0. The van der Waals surface area contributed by atoms with Crippen molar-refractivity contribution in [1.29, 1.82) is 0 Å². The molecule has 0 fully saturated rings. The minimum atomic E-state index is -0.363. The Morgan fingerprint density at radius 2 is 1.69 bits per heavy atom. The number of aromatic nitrogens is 2. The topological polar surface area (TPSA) is 104 Å². The second-order valence-electron chi connectivity index (χ2n) is 7.39. The average molecular weight is 505 g/mol. The van der Waals surface area contributed by atoms with Gasteiger partial charge in [0.25, 0.3) is 11.5 Å². The van der Waals surface area contributed by atoms with Crippen LogP contribution in [0.25, 0.3) is 16.6 Å². The van der Waals surface area contributed by atoms with E-state index in [1.807, 2.05) is 36.4 Å². The lowest BCUT2D eigenvalue weighted by molar-refractivity contribution is -0.118. The Kier molecular flexibility index (Phi) is 7.86. The molecule has 0 bridgehead atoms. The van der Waals surface area contributed by atoms with Gasteiger partial charge in [-0.25, -0.2) is 10.4 Å². The van der Waals surface area contributed by atoms with Gasteiger partial charge < -0.3 is 14.2 Å². The Bertz CT molecular complexity index is 1470. The van der Waals surface area contributed by atoms with Gasteiger partial charge in [0.1, 0.15) is 0 Å². The third-order valence-electron chi connectivity index (χ3n) is 5.22. The standard InChI is InChI=1S/C26H24N4O5S/c1-33-21-14-13-17(23(34-2)24(21)35-3)15-27-29-22(31)16-36-26-28-20-12-8-7-11-19(20)25(32)30(26)18-9-5-4-6-10-18/h4-15H,16H2,1-3H3,(H,29,31). The van der Waals surface area contributed by atoms with Gasteiger partial charge in [-0.2, -0.15) is 5.10 Å². The number of fused-ring (bicyclic) bond motifs is 1. The van der Waals surface area contributed by atoms with Crippen molar-refractivity contribution in [3.63, 3.8) is 0 Å². The highest BCUT2D eigenvalue weighted by Gasteiger charge is 2.16. The number of ether oxygens (including phenoxy) is 3. The fraction of sp³-hybridized carbons (Fsp3) is 0.154. The van der Waals surface area contributed by atoms with Crippen molar-refractivity contribution >= 4 is 34.8 Å². The van der Waals surface area contributed by atoms with Crippen LogP contribution in [0.15, 0.2) is 81.8 Å². The van der Waals surface area contributed by atoms with Crippen LogP contribution in [0.1, 0.15) is 5.56 Å². The summed E-state index contributed by atoms with van der Waals surface area (Å²) >= 11 is 1.15. The van der Waals surface area contributed by atoms with Gasteiger partial charge in [-0.1, -0.05) is 42.1 Å². The Morgan fingerprint density at radius 3 is 2.42 bits per heavy atom. The van der Waals surface area contributed by atoms with E-state index in [1.54, 1.807) is 30.3 Å². The molecule has 1 heterocycles. The van der Waals surface area contributed by atoms with E-state index in [0.717, 1.165) is 11.8 Å². The van der Waals surface area contributed by atoms with Crippen LogP contribution in [0, 0.1) is 0 Å². The van der Waals surface area contributed by atoms with Crippen molar-refractivity contribution in [2.45, 2.75) is 5.16 Å². The molecule has 0 radical (unpaired) electrons. The molecular weight excluding hydrogens is 480 g/mol. The molecule has 0 aliphatic rings. The lowest BCUT2D eigenvalue weighted by atomic mass is 10.2. The number of nitrogens with one attached hydrogen (secondary N) is 1. The number of para-hydroxylation sites is 2. The predicted molar refractivity (Wildman–Crippen MR) is 140 cm³/mol. The predicted octanol–water partition coefficient (Wildman–Crippen LogP) is 3.65. The monoisotopic (exact) mass is 504 g/mol. The number of hydrazone groups is 1. The molecule has 0 saturated carbocycles. The maximum atomic E-state index is 13.2. The van der Waals surface area contributed by atoms with Crippen LogP contribution < -0.4 is 25.2 Å². The van der Waals surface area contributed by atoms with Gasteiger partial charge in [-0.3, -0.25) is 14.2 Å². The molecule has 184 valence electrons. The summed E-state index contributed by atoms with van der Waals surface area (Å²) in [6.45, 7) is 0. The SMILES string of the molecule is COc1ccc(C=NNC(=O)CSc2nc3ccccc3c(=O)n2-c2ccccc2)c(OC)c1OC. The molecule has 4 aromatic rings. The van der Waals surface area contributed by atoms with Crippen molar-refractivity contribution in [2.24, 2.45) is 5.10 Å². The minimum Gasteiger partial charge on any atom is -0.493 e. The third kappa shape index (κ3) is 5.18. The number of hydrogen-bond donors (Lipinski definition) is 1. The van der Waals surface area contributed by atoms with Gasteiger partial charge in [0.05, 0.1) is 49.9 Å². The third-order valence-corrected chi connectivity index (χ3v) is 6.16. The molecule has 36 heavy (non-hydrogen) atoms. The van der Waals surface area contributed by atoms with Gasteiger partial charge >= 0.3 is 0 Å². The summed E-state index contributed by atoms with van der Waals surface area (Å²) in [7, 11) is 4.55. The van der Waals surface area contributed by atoms with Crippen LogP contribution in [0.5, 0.6) is 17.2 Å². The van der Waals surface area contributed by atoms with E-state index in [1.165, 1.54) is 32.1 Å². The number of rotatable bonds is 9. The molecule has 1 aromatic heterocycles. The number of benzene rings is 3. The van der Waals surface area contributed by atoms with E-state index < -0.39 is 0 Å². The number of carbonyl (C=O) groups is 1. The highest BCUT2D eigenvalue weighted by Crippen LogP contribution is 2.39. The lowest BCUT2D eigenvalue weighted by Crippen LogP contribution is -2.24. The van der Waals surface area contributed by atoms with E-state index in [2.05, 4.69) is 15.5 Å². The van der Waals surface area contributed by atoms with Crippen molar-refractivity contribution in [3.8, 4) is 22.9 Å². The zero-order valence-corrected chi connectivity index (χ0v) is 20.7. The van der Waals surface area contributed by atoms with Gasteiger partial charge in [0.15, 0.2) is 16.7 Å². The van der Waals surface area contributed by atoms with E-state index in [0.29, 0.717) is 44.6 Å². The summed E-state index contributed by atoms with van der Waals surface area (Å²) < 4.78 is 17.6. The molecule has 9 nitrogen and oxygen atoms in total. The molecule has 0 spiro atoms. The summed E-state index contributed by atoms with van der Waals surface area (Å²) in [5, 5.41) is 4.95. The quantitative estimate of drug-likeness (QED) is 0.161. The number of amides is 1. The number of methoxy groups -OCH3 is 3. The van der Waals surface area contributed by atoms with Crippen LogP contribution in [0.2, 0.25) is 0 Å². The highest BCUT2D eigenvalue weighted by molar-refractivity contribution is 7.99. The molecule has 0 unspecified atom stereocenters. The number of thioether (sulfide) groups is 1. The summed E-state index contributed by atoms with van der Waals surface area (Å²) in [5.41, 5.74) is 4.13. The van der Waals surface area contributed by atoms with Gasteiger partial charge in [-0.15, -0.1) is 0 Å². The number of nitrogens with zero attached hydrogens (tertiary/aromatic N) is 3. The average Bonchev–Trinajstić information content (AvgIpc) is 2.92. The Labute approximate surface area is 211 Å². The Balaban J connectivity index is 1.53. The first-order valence-electron chi connectivity index (χ1n) is 10.9. The summed E-state index contributed by atoms with van der Waals surface area (Å²) in [4.78, 5) is 30.4. The van der Waals surface area contributed by atoms with Crippen LogP contribution in [0.3, 0.4) is 0 Å². The summed E-state index contributed by atoms with van der Waals surface area (Å²) in [6.07, 6.45) is 1.46. The molecular formula is C26H24N4O5S. The van der Waals surface area contributed by atoms with Gasteiger partial charge in [0, 0.05) is 5.56 Å². The van der Waals surface area contributed by atoms with E-state index in [-0.39, 0.29) is 17.2 Å². The molecule has 0 aliphatic heterocycles. The largest absolute Gasteiger partial charge is 0.493 e. The lowest BCUT2D eigenvalue weighted by Gasteiger charge is -2.13. The molecule has 10 heteroatoms. The first-order valence-corrected chi connectivity index (χ1v) is 11.9. The molecule has 3 aromatic carbocycles. The number of carbonyl (C=O) groups excluding carboxylic acids is 1. The van der Waals surface area contributed by atoms with E-state index in [4.69, 9.17) is 14.2 Å². The molecule has 4 rings (SSSR count). The molecule has 1 N–H and O–H groups in total. The first kappa shape index (κ1) is 24.8. The van der Waals surface area contributed by atoms with Crippen molar-refractivity contribution < 1.29 is 19.0 Å². The molecule has 0 saturated heterocycles. The number of hydrogen-bond acceptors (Lipinski definition) is 8. The maximum absolute atomic E-state index is 13.2. The van der Waals surface area contributed by atoms with Crippen LogP contribution >= 0.6 is 11.8 Å². The van der Waals surface area contributed by atoms with Gasteiger partial charge in [-0.05, 0) is 36.4 Å². The fourth-order valence-corrected chi connectivity index (χ4v) is 4.38. The summed E-state index contributed by atoms with van der Waals surface area (Å²) in [6, 6.07) is 19.8. The molecule has 1 amide bonds. The van der Waals surface area contributed by atoms with E-state index in [9.17, 15) is 9.59 Å².